The number of benzene rings is 1. The second-order valence-electron chi connectivity index (χ2n) is 6.51. The largest absolute Gasteiger partial charge is 0.326 e. The lowest BCUT2D eigenvalue weighted by Gasteiger charge is -2.06. The third-order valence-electron chi connectivity index (χ3n) is 4.46. The van der Waals surface area contributed by atoms with Gasteiger partial charge in [0.2, 0.25) is 11.0 Å². The molecule has 0 bridgehead atoms. The fraction of sp³-hybridized carbons (Fsp3) is 0.316. The highest BCUT2D eigenvalue weighted by Gasteiger charge is 2.16. The average Bonchev–Trinajstić information content (AvgIpc) is 3.08. The summed E-state index contributed by atoms with van der Waals surface area (Å²) in [6.07, 6.45) is 0.554. The Bertz CT molecular complexity index is 1040. The molecule has 0 aliphatic carbocycles. The number of H-pyrrole nitrogens is 1. The zero-order valence-electron chi connectivity index (χ0n) is 15.6. The smallest absolute Gasteiger partial charge is 0.276 e. The van der Waals surface area contributed by atoms with E-state index in [9.17, 15) is 9.59 Å². The van der Waals surface area contributed by atoms with E-state index in [1.165, 1.54) is 16.0 Å². The number of nitrogens with zero attached hydrogens (tertiary/aromatic N) is 2. The number of aromatic nitrogens is 3. The number of thiazole rings is 1. The van der Waals surface area contributed by atoms with Crippen LogP contribution in [0.1, 0.15) is 33.8 Å². The van der Waals surface area contributed by atoms with Crippen LogP contribution in [-0.4, -0.2) is 20.7 Å². The van der Waals surface area contributed by atoms with Crippen LogP contribution < -0.4 is 10.9 Å². The summed E-state index contributed by atoms with van der Waals surface area (Å²) in [5, 5.41) is 7.09. The van der Waals surface area contributed by atoms with E-state index in [0.29, 0.717) is 27.8 Å². The van der Waals surface area contributed by atoms with Crippen LogP contribution in [0.5, 0.6) is 0 Å². The Labute approximate surface area is 166 Å². The van der Waals surface area contributed by atoms with Crippen LogP contribution >= 0.6 is 22.9 Å². The van der Waals surface area contributed by atoms with Crippen molar-refractivity contribution in [2.45, 2.75) is 40.5 Å². The molecule has 0 aliphatic heterocycles. The maximum absolute atomic E-state index is 12.7. The Morgan fingerprint density at radius 1 is 1.30 bits per heavy atom. The minimum Gasteiger partial charge on any atom is -0.326 e. The van der Waals surface area contributed by atoms with Gasteiger partial charge in [0.15, 0.2) is 0 Å². The molecule has 0 unspecified atom stereocenters. The van der Waals surface area contributed by atoms with E-state index in [1.807, 2.05) is 33.8 Å². The van der Waals surface area contributed by atoms with Gasteiger partial charge in [-0.1, -0.05) is 29.0 Å². The number of carbonyl (C=O) groups is 1. The van der Waals surface area contributed by atoms with Crippen molar-refractivity contribution in [2.75, 3.05) is 5.32 Å². The summed E-state index contributed by atoms with van der Waals surface area (Å²) >= 11 is 7.54. The number of aromatic amines is 1. The molecule has 6 nitrogen and oxygen atoms in total. The van der Waals surface area contributed by atoms with E-state index in [-0.39, 0.29) is 17.9 Å². The summed E-state index contributed by atoms with van der Waals surface area (Å²) < 4.78 is 1.45. The molecule has 2 N–H and O–H groups in total. The van der Waals surface area contributed by atoms with E-state index in [1.54, 1.807) is 12.1 Å². The lowest BCUT2D eigenvalue weighted by molar-refractivity contribution is -0.116. The molecule has 2 aromatic heterocycles. The molecule has 0 spiro atoms. The van der Waals surface area contributed by atoms with E-state index in [0.717, 1.165) is 21.8 Å². The number of aryl methyl sites for hydroxylation is 4. The molecular weight excluding hydrogens is 384 g/mol. The first kappa shape index (κ1) is 19.4. The molecule has 3 rings (SSSR count). The van der Waals surface area contributed by atoms with Crippen molar-refractivity contribution in [1.29, 1.82) is 0 Å². The van der Waals surface area contributed by atoms with Gasteiger partial charge in [0.05, 0.1) is 5.69 Å². The van der Waals surface area contributed by atoms with E-state index in [2.05, 4.69) is 15.4 Å². The van der Waals surface area contributed by atoms with Gasteiger partial charge in [0.1, 0.15) is 0 Å². The summed E-state index contributed by atoms with van der Waals surface area (Å²) in [6, 6.07) is 5.38. The minimum absolute atomic E-state index is 0.160. The zero-order chi connectivity index (χ0) is 19.7. The molecule has 3 aromatic rings. The lowest BCUT2D eigenvalue weighted by Crippen LogP contribution is -2.19. The van der Waals surface area contributed by atoms with Crippen LogP contribution in [0.3, 0.4) is 0 Å². The molecule has 8 heteroatoms. The summed E-state index contributed by atoms with van der Waals surface area (Å²) in [5.74, 6) is -0.164. The van der Waals surface area contributed by atoms with E-state index < -0.39 is 0 Å². The highest BCUT2D eigenvalue weighted by molar-refractivity contribution is 7.14. The summed E-state index contributed by atoms with van der Waals surface area (Å²) in [5.41, 5.74) is 3.69. The van der Waals surface area contributed by atoms with E-state index in [4.69, 9.17) is 11.6 Å². The topological polar surface area (TPSA) is 79.8 Å². The monoisotopic (exact) mass is 404 g/mol. The third kappa shape index (κ3) is 4.14. The van der Waals surface area contributed by atoms with Gasteiger partial charge in [0, 0.05) is 33.3 Å². The normalized spacial score (nSPS) is 11.0. The quantitative estimate of drug-likeness (QED) is 0.672. The standard InChI is InChI=1S/C19H21ClN4O2S/c1-10-5-6-14(9-16(10)20)22-17(25)8-7-15-12(3)23-24(18(15)26)19-21-11(2)13(4)27-19/h5-6,9,23H,7-8H2,1-4H3,(H,22,25). The number of hydrogen-bond acceptors (Lipinski definition) is 4. The van der Waals surface area contributed by atoms with Crippen molar-refractivity contribution < 1.29 is 4.79 Å². The van der Waals surface area contributed by atoms with Crippen molar-refractivity contribution in [2.24, 2.45) is 0 Å². The van der Waals surface area contributed by atoms with Crippen molar-refractivity contribution in [1.82, 2.24) is 14.8 Å². The zero-order valence-corrected chi connectivity index (χ0v) is 17.2. The SMILES string of the molecule is Cc1ccc(NC(=O)CCc2c(C)[nH]n(-c3nc(C)c(C)s3)c2=O)cc1Cl. The Kier molecular flexibility index (Phi) is 5.53. The second kappa shape index (κ2) is 7.70. The van der Waals surface area contributed by atoms with Crippen LogP contribution in [0.15, 0.2) is 23.0 Å². The molecule has 1 aromatic carbocycles. The summed E-state index contributed by atoms with van der Waals surface area (Å²) in [4.78, 5) is 30.5. The van der Waals surface area contributed by atoms with Gasteiger partial charge >= 0.3 is 0 Å². The lowest BCUT2D eigenvalue weighted by atomic mass is 10.1. The highest BCUT2D eigenvalue weighted by Crippen LogP contribution is 2.21. The Balaban J connectivity index is 1.71. The molecule has 0 fully saturated rings. The Morgan fingerprint density at radius 2 is 2.04 bits per heavy atom. The van der Waals surface area contributed by atoms with Crippen molar-refractivity contribution in [3.8, 4) is 5.13 Å². The van der Waals surface area contributed by atoms with Gasteiger partial charge in [-0.3, -0.25) is 14.7 Å². The molecule has 0 radical (unpaired) electrons. The Morgan fingerprint density at radius 3 is 2.67 bits per heavy atom. The molecule has 142 valence electrons. The fourth-order valence-corrected chi connectivity index (χ4v) is 3.74. The second-order valence-corrected chi connectivity index (χ2v) is 8.09. The molecule has 27 heavy (non-hydrogen) atoms. The number of anilines is 1. The molecule has 0 saturated heterocycles. The molecule has 0 saturated carbocycles. The molecule has 2 heterocycles. The number of carbonyl (C=O) groups excluding carboxylic acids is 1. The van der Waals surface area contributed by atoms with Crippen molar-refractivity contribution >= 4 is 34.5 Å². The van der Waals surface area contributed by atoms with Gasteiger partial charge in [-0.15, -0.1) is 0 Å². The van der Waals surface area contributed by atoms with Crippen molar-refractivity contribution in [3.63, 3.8) is 0 Å². The van der Waals surface area contributed by atoms with Gasteiger partial charge in [0.25, 0.3) is 5.56 Å². The summed E-state index contributed by atoms with van der Waals surface area (Å²) in [7, 11) is 0. The molecular formula is C19H21ClN4O2S. The number of nitrogens with one attached hydrogen (secondary N) is 2. The maximum Gasteiger partial charge on any atom is 0.276 e. The van der Waals surface area contributed by atoms with Crippen LogP contribution in [0.25, 0.3) is 5.13 Å². The highest BCUT2D eigenvalue weighted by atomic mass is 35.5. The third-order valence-corrected chi connectivity index (χ3v) is 5.92. The van der Waals surface area contributed by atoms with Gasteiger partial charge in [-0.05, 0) is 51.8 Å². The first-order valence-corrected chi connectivity index (χ1v) is 9.76. The summed E-state index contributed by atoms with van der Waals surface area (Å²) in [6.45, 7) is 7.62. The van der Waals surface area contributed by atoms with Crippen molar-refractivity contribution in [3.05, 3.63) is 61.0 Å². The fourth-order valence-electron chi connectivity index (χ4n) is 2.69. The molecule has 0 atom stereocenters. The number of rotatable bonds is 5. The minimum atomic E-state index is -0.164. The number of hydrogen-bond donors (Lipinski definition) is 2. The predicted molar refractivity (Wildman–Crippen MR) is 109 cm³/mol. The number of halogens is 1. The molecule has 0 aliphatic rings. The van der Waals surface area contributed by atoms with Gasteiger partial charge < -0.3 is 5.32 Å². The maximum atomic E-state index is 12.7. The number of amides is 1. The predicted octanol–water partition coefficient (Wildman–Crippen LogP) is 4.08. The van der Waals surface area contributed by atoms with Crippen LogP contribution in [0.2, 0.25) is 5.02 Å². The first-order valence-electron chi connectivity index (χ1n) is 8.57. The van der Waals surface area contributed by atoms with Gasteiger partial charge in [-0.25, -0.2) is 4.98 Å². The average molecular weight is 405 g/mol. The first-order chi connectivity index (χ1) is 12.8. The molecule has 1 amide bonds. The van der Waals surface area contributed by atoms with Gasteiger partial charge in [-0.2, -0.15) is 4.68 Å². The van der Waals surface area contributed by atoms with Crippen LogP contribution in [-0.2, 0) is 11.2 Å². The van der Waals surface area contributed by atoms with Crippen LogP contribution in [0.4, 0.5) is 5.69 Å². The van der Waals surface area contributed by atoms with Crippen LogP contribution in [0, 0.1) is 27.7 Å². The Hall–Kier alpha value is -2.38. The van der Waals surface area contributed by atoms with E-state index >= 15 is 0 Å².